The fourth-order valence-electron chi connectivity index (χ4n) is 3.61. The summed E-state index contributed by atoms with van der Waals surface area (Å²) in [6.07, 6.45) is 8.26. The van der Waals surface area contributed by atoms with Gasteiger partial charge in [0.05, 0.1) is 0 Å². The van der Waals surface area contributed by atoms with Gasteiger partial charge in [-0.15, -0.1) is 0 Å². The van der Waals surface area contributed by atoms with Gasteiger partial charge in [0.1, 0.15) is 0 Å². The molecule has 0 amide bonds. The third-order valence-corrected chi connectivity index (χ3v) is 4.89. The van der Waals surface area contributed by atoms with E-state index in [1.807, 2.05) is 0 Å². The lowest BCUT2D eigenvalue weighted by atomic mass is 9.87. The van der Waals surface area contributed by atoms with Crippen LogP contribution in [0, 0.1) is 0 Å². The largest absolute Gasteiger partial charge is 0.315 e. The Balaban J connectivity index is 1.90. The zero-order valence-corrected chi connectivity index (χ0v) is 11.8. The molecule has 17 heavy (non-hydrogen) atoms. The third kappa shape index (κ3) is 3.21. The number of hydrogen-bond donors (Lipinski definition) is 1. The Bertz CT molecular complexity index is 224. The number of likely N-dealkylation sites (N-methyl/N-ethyl adjacent to an activating group) is 2. The molecular weight excluding hydrogens is 210 g/mol. The molecule has 3 nitrogen and oxygen atoms in total. The second-order valence-electron chi connectivity index (χ2n) is 5.95. The maximum atomic E-state index is 3.53. The first kappa shape index (κ1) is 13.3. The predicted molar refractivity (Wildman–Crippen MR) is 73.4 cm³/mol. The van der Waals surface area contributed by atoms with Gasteiger partial charge in [0.25, 0.3) is 0 Å². The first-order valence-electron chi connectivity index (χ1n) is 7.30. The van der Waals surface area contributed by atoms with Crippen LogP contribution in [-0.4, -0.2) is 62.2 Å². The van der Waals surface area contributed by atoms with Gasteiger partial charge in [0, 0.05) is 18.1 Å². The molecule has 1 aliphatic carbocycles. The van der Waals surface area contributed by atoms with E-state index in [4.69, 9.17) is 0 Å². The Hall–Kier alpha value is -0.120. The van der Waals surface area contributed by atoms with Gasteiger partial charge in [-0.25, -0.2) is 0 Å². The summed E-state index contributed by atoms with van der Waals surface area (Å²) in [6.45, 7) is 2.54. The Morgan fingerprint density at radius 3 is 2.35 bits per heavy atom. The molecule has 0 spiro atoms. The third-order valence-electron chi connectivity index (χ3n) is 4.89. The molecule has 2 fully saturated rings. The molecule has 2 aliphatic rings. The van der Waals surface area contributed by atoms with Crippen molar-refractivity contribution in [3.63, 3.8) is 0 Å². The van der Waals surface area contributed by atoms with Crippen molar-refractivity contribution in [3.8, 4) is 0 Å². The number of hydrogen-bond acceptors (Lipinski definition) is 3. The van der Waals surface area contributed by atoms with E-state index in [0.717, 1.165) is 12.1 Å². The molecule has 3 heteroatoms. The Kier molecular flexibility index (Phi) is 4.83. The Morgan fingerprint density at radius 1 is 1.06 bits per heavy atom. The lowest BCUT2D eigenvalue weighted by Crippen LogP contribution is -2.54. The van der Waals surface area contributed by atoms with Gasteiger partial charge in [-0.05, 0) is 59.9 Å². The average Bonchev–Trinajstić information content (AvgIpc) is 2.39. The number of nitrogens with one attached hydrogen (secondary N) is 1. The highest BCUT2D eigenvalue weighted by molar-refractivity contribution is 4.90. The van der Waals surface area contributed by atoms with Crippen LogP contribution >= 0.6 is 0 Å². The summed E-state index contributed by atoms with van der Waals surface area (Å²) < 4.78 is 0. The summed E-state index contributed by atoms with van der Waals surface area (Å²) in [5.74, 6) is 0. The molecular formula is C14H29N3. The Morgan fingerprint density at radius 2 is 1.71 bits per heavy atom. The van der Waals surface area contributed by atoms with E-state index in [-0.39, 0.29) is 0 Å². The SMILES string of the molecule is CN[C@H]1CCCC[C@H]1N(C)C1CCN(C)CC1. The molecule has 2 atom stereocenters. The van der Waals surface area contributed by atoms with E-state index in [9.17, 15) is 0 Å². The first-order valence-corrected chi connectivity index (χ1v) is 7.30. The summed E-state index contributed by atoms with van der Waals surface area (Å²) in [5, 5.41) is 3.53. The van der Waals surface area contributed by atoms with Crippen LogP contribution in [-0.2, 0) is 0 Å². The topological polar surface area (TPSA) is 18.5 Å². The molecule has 1 saturated heterocycles. The van der Waals surface area contributed by atoms with Crippen LogP contribution in [0.2, 0.25) is 0 Å². The van der Waals surface area contributed by atoms with E-state index in [1.54, 1.807) is 0 Å². The van der Waals surface area contributed by atoms with Gasteiger partial charge < -0.3 is 10.2 Å². The van der Waals surface area contributed by atoms with Gasteiger partial charge >= 0.3 is 0 Å². The highest BCUT2D eigenvalue weighted by Gasteiger charge is 2.31. The number of nitrogens with zero attached hydrogens (tertiary/aromatic N) is 2. The van der Waals surface area contributed by atoms with E-state index < -0.39 is 0 Å². The van der Waals surface area contributed by atoms with Crippen LogP contribution in [0.5, 0.6) is 0 Å². The molecule has 100 valence electrons. The van der Waals surface area contributed by atoms with Gasteiger partial charge in [-0.3, -0.25) is 4.90 Å². The highest BCUT2D eigenvalue weighted by atomic mass is 15.2. The molecule has 0 radical (unpaired) electrons. The van der Waals surface area contributed by atoms with Crippen LogP contribution in [0.1, 0.15) is 38.5 Å². The Labute approximate surface area is 107 Å². The van der Waals surface area contributed by atoms with Crippen molar-refractivity contribution in [2.24, 2.45) is 0 Å². The summed E-state index contributed by atoms with van der Waals surface area (Å²) in [5.41, 5.74) is 0. The molecule has 0 aromatic heterocycles. The molecule has 0 aromatic carbocycles. The lowest BCUT2D eigenvalue weighted by Gasteiger charge is -2.44. The zero-order valence-electron chi connectivity index (χ0n) is 11.8. The molecule has 1 N–H and O–H groups in total. The van der Waals surface area contributed by atoms with Crippen LogP contribution in [0.4, 0.5) is 0 Å². The van der Waals surface area contributed by atoms with Gasteiger partial charge in [-0.2, -0.15) is 0 Å². The van der Waals surface area contributed by atoms with Crippen LogP contribution in [0.15, 0.2) is 0 Å². The minimum absolute atomic E-state index is 0.716. The molecule has 0 unspecified atom stereocenters. The van der Waals surface area contributed by atoms with Crippen molar-refractivity contribution < 1.29 is 0 Å². The zero-order chi connectivity index (χ0) is 12.3. The van der Waals surface area contributed by atoms with Gasteiger partial charge in [0.2, 0.25) is 0 Å². The van der Waals surface area contributed by atoms with E-state index >= 15 is 0 Å². The van der Waals surface area contributed by atoms with Crippen molar-refractivity contribution in [2.45, 2.75) is 56.7 Å². The fraction of sp³-hybridized carbons (Fsp3) is 1.00. The van der Waals surface area contributed by atoms with Gasteiger partial charge in [-0.1, -0.05) is 12.8 Å². The minimum atomic E-state index is 0.716. The maximum Gasteiger partial charge on any atom is 0.0249 e. The molecule has 1 aliphatic heterocycles. The minimum Gasteiger partial charge on any atom is -0.315 e. The summed E-state index contributed by atoms with van der Waals surface area (Å²) >= 11 is 0. The molecule has 0 bridgehead atoms. The van der Waals surface area contributed by atoms with Crippen molar-refractivity contribution in [1.82, 2.24) is 15.1 Å². The molecule has 1 saturated carbocycles. The van der Waals surface area contributed by atoms with Crippen LogP contribution < -0.4 is 5.32 Å². The maximum absolute atomic E-state index is 3.53. The summed E-state index contributed by atoms with van der Waals surface area (Å²) in [6, 6.07) is 2.29. The second kappa shape index (κ2) is 6.17. The summed E-state index contributed by atoms with van der Waals surface area (Å²) in [7, 11) is 6.73. The number of piperidine rings is 1. The van der Waals surface area contributed by atoms with Crippen molar-refractivity contribution >= 4 is 0 Å². The first-order chi connectivity index (χ1) is 8.22. The van der Waals surface area contributed by atoms with Crippen LogP contribution in [0.3, 0.4) is 0 Å². The standard InChI is InChI=1S/C14H29N3/c1-15-13-6-4-5-7-14(13)17(3)12-8-10-16(2)11-9-12/h12-15H,4-11H2,1-3H3/t13-,14+/m0/s1. The molecule has 1 heterocycles. The summed E-state index contributed by atoms with van der Waals surface area (Å²) in [4.78, 5) is 5.15. The smallest absolute Gasteiger partial charge is 0.0249 e. The average molecular weight is 239 g/mol. The quantitative estimate of drug-likeness (QED) is 0.806. The monoisotopic (exact) mass is 239 g/mol. The van der Waals surface area contributed by atoms with Gasteiger partial charge in [0.15, 0.2) is 0 Å². The lowest BCUT2D eigenvalue weighted by molar-refractivity contribution is 0.0711. The molecule has 0 aromatic rings. The van der Waals surface area contributed by atoms with Crippen molar-refractivity contribution in [2.75, 3.05) is 34.2 Å². The van der Waals surface area contributed by atoms with E-state index in [2.05, 4.69) is 36.3 Å². The second-order valence-corrected chi connectivity index (χ2v) is 5.95. The number of likely N-dealkylation sites (tertiary alicyclic amines) is 1. The predicted octanol–water partition coefficient (Wildman–Crippen LogP) is 1.54. The number of rotatable bonds is 3. The highest BCUT2D eigenvalue weighted by Crippen LogP contribution is 2.26. The van der Waals surface area contributed by atoms with Crippen LogP contribution in [0.25, 0.3) is 0 Å². The normalized spacial score (nSPS) is 33.2. The van der Waals surface area contributed by atoms with E-state index in [0.29, 0.717) is 6.04 Å². The van der Waals surface area contributed by atoms with Crippen molar-refractivity contribution in [1.29, 1.82) is 0 Å². The van der Waals surface area contributed by atoms with E-state index in [1.165, 1.54) is 51.6 Å². The van der Waals surface area contributed by atoms with Crippen molar-refractivity contribution in [3.05, 3.63) is 0 Å². The molecule has 2 rings (SSSR count). The fourth-order valence-corrected chi connectivity index (χ4v) is 3.61.